The van der Waals surface area contributed by atoms with Crippen molar-refractivity contribution in [2.75, 3.05) is 18.6 Å². The molecule has 0 heterocycles. The Kier molecular flexibility index (Phi) is 7.55. The Bertz CT molecular complexity index is 527. The van der Waals surface area contributed by atoms with Crippen molar-refractivity contribution in [1.82, 2.24) is 5.32 Å². The summed E-state index contributed by atoms with van der Waals surface area (Å²) in [6, 6.07) is 2.45. The minimum absolute atomic E-state index is 0.260. The third-order valence-corrected chi connectivity index (χ3v) is 4.25. The topological polar surface area (TPSA) is 78.5 Å². The fourth-order valence-corrected chi connectivity index (χ4v) is 2.44. The number of aryl methyl sites for hydroxylation is 2. The number of ether oxygens (including phenoxy) is 1. The number of amides is 1. The molecule has 1 atom stereocenters. The number of rotatable bonds is 8. The molecule has 0 radical (unpaired) electrons. The normalized spacial score (nSPS) is 11.8. The lowest BCUT2D eigenvalue weighted by atomic mass is 10.1. The maximum Gasteiger partial charge on any atom is 0.258 e. The summed E-state index contributed by atoms with van der Waals surface area (Å²) in [5, 5.41) is 14.0. The molecule has 0 aliphatic heterocycles. The Morgan fingerprint density at radius 1 is 1.36 bits per heavy atom. The summed E-state index contributed by atoms with van der Waals surface area (Å²) in [7, 11) is 0. The maximum absolute atomic E-state index is 11.8. The summed E-state index contributed by atoms with van der Waals surface area (Å²) in [6.07, 6.45) is 2.18. The van der Waals surface area contributed by atoms with Crippen LogP contribution in [0.1, 0.15) is 17.5 Å². The lowest BCUT2D eigenvalue weighted by Gasteiger charge is -2.19. The Morgan fingerprint density at radius 2 is 1.95 bits per heavy atom. The zero-order valence-electron chi connectivity index (χ0n) is 12.8. The Labute approximate surface area is 139 Å². The highest BCUT2D eigenvalue weighted by Gasteiger charge is 2.14. The van der Waals surface area contributed by atoms with Gasteiger partial charge in [-0.05, 0) is 55.5 Å². The summed E-state index contributed by atoms with van der Waals surface area (Å²) in [4.78, 5) is 22.7. The molecule has 22 heavy (non-hydrogen) atoms. The van der Waals surface area contributed by atoms with Crippen LogP contribution in [0.3, 0.4) is 0 Å². The van der Waals surface area contributed by atoms with Crippen molar-refractivity contribution < 1.29 is 19.4 Å². The van der Waals surface area contributed by atoms with E-state index in [-0.39, 0.29) is 6.61 Å². The minimum atomic E-state index is -1.29. The van der Waals surface area contributed by atoms with E-state index in [1.165, 1.54) is 11.8 Å². The molecule has 1 rings (SSSR count). The molecular weight excluding hydrogens is 326 g/mol. The lowest BCUT2D eigenvalue weighted by molar-refractivity contribution is -0.308. The molecule has 0 aliphatic carbocycles. The molecule has 1 aromatic rings. The number of carboxylic acids is 1. The highest BCUT2D eigenvalue weighted by atomic mass is 35.5. The monoisotopic (exact) mass is 344 g/mol. The number of carbonyl (C=O) groups is 2. The van der Waals surface area contributed by atoms with E-state index in [9.17, 15) is 14.7 Å². The molecule has 0 saturated heterocycles. The standard InChI is InChI=1S/C15H20ClNO4S/c1-9-6-11(7-10(2)14(9)16)21-8-13(18)17-12(15(19)20)4-5-22-3/h6-7,12H,4-5,8H2,1-3H3,(H,17,18)(H,19,20)/p-1/t12-/m1/s1. The molecule has 0 unspecified atom stereocenters. The Morgan fingerprint density at radius 3 is 2.45 bits per heavy atom. The summed E-state index contributed by atoms with van der Waals surface area (Å²) in [5.74, 6) is -0.653. The van der Waals surface area contributed by atoms with Gasteiger partial charge in [-0.15, -0.1) is 0 Å². The zero-order valence-corrected chi connectivity index (χ0v) is 14.3. The van der Waals surface area contributed by atoms with E-state index in [1.807, 2.05) is 20.1 Å². The second kappa shape index (κ2) is 8.90. The third kappa shape index (κ3) is 5.77. The molecule has 0 saturated carbocycles. The third-order valence-electron chi connectivity index (χ3n) is 3.01. The fraction of sp³-hybridized carbons (Fsp3) is 0.467. The van der Waals surface area contributed by atoms with E-state index in [4.69, 9.17) is 16.3 Å². The van der Waals surface area contributed by atoms with Gasteiger partial charge in [0, 0.05) is 5.02 Å². The summed E-state index contributed by atoms with van der Waals surface area (Å²) in [5.41, 5.74) is 1.70. The van der Waals surface area contributed by atoms with Gasteiger partial charge in [-0.1, -0.05) is 11.6 Å². The van der Waals surface area contributed by atoms with Gasteiger partial charge in [0.25, 0.3) is 5.91 Å². The zero-order chi connectivity index (χ0) is 16.7. The molecule has 0 aliphatic rings. The van der Waals surface area contributed by atoms with Crippen molar-refractivity contribution in [2.45, 2.75) is 26.3 Å². The molecular formula is C15H19ClNO4S-. The van der Waals surface area contributed by atoms with Gasteiger partial charge in [0.1, 0.15) is 5.75 Å². The molecule has 1 amide bonds. The molecule has 1 aromatic carbocycles. The molecule has 5 nitrogen and oxygen atoms in total. The van der Waals surface area contributed by atoms with E-state index >= 15 is 0 Å². The van der Waals surface area contributed by atoms with Gasteiger partial charge in [0.2, 0.25) is 0 Å². The first-order valence-corrected chi connectivity index (χ1v) is 8.51. The number of thioether (sulfide) groups is 1. The minimum Gasteiger partial charge on any atom is -0.548 e. The van der Waals surface area contributed by atoms with E-state index in [2.05, 4.69) is 5.32 Å². The number of nitrogens with one attached hydrogen (secondary N) is 1. The van der Waals surface area contributed by atoms with Gasteiger partial charge in [-0.3, -0.25) is 4.79 Å². The first-order valence-electron chi connectivity index (χ1n) is 6.73. The van der Waals surface area contributed by atoms with Crippen molar-refractivity contribution in [3.8, 4) is 5.75 Å². The first-order chi connectivity index (χ1) is 10.3. The molecule has 0 bridgehead atoms. The van der Waals surface area contributed by atoms with Gasteiger partial charge >= 0.3 is 0 Å². The highest BCUT2D eigenvalue weighted by Crippen LogP contribution is 2.25. The summed E-state index contributed by atoms with van der Waals surface area (Å²) in [6.45, 7) is 3.43. The molecule has 0 spiro atoms. The van der Waals surface area contributed by atoms with Crippen molar-refractivity contribution in [2.24, 2.45) is 0 Å². The van der Waals surface area contributed by atoms with E-state index < -0.39 is 17.9 Å². The van der Waals surface area contributed by atoms with E-state index in [1.54, 1.807) is 12.1 Å². The van der Waals surface area contributed by atoms with Crippen LogP contribution >= 0.6 is 23.4 Å². The van der Waals surface area contributed by atoms with E-state index in [0.717, 1.165) is 11.1 Å². The average molecular weight is 345 g/mol. The van der Waals surface area contributed by atoms with Crippen molar-refractivity contribution >= 4 is 35.2 Å². The number of hydrogen-bond acceptors (Lipinski definition) is 5. The summed E-state index contributed by atoms with van der Waals surface area (Å²) >= 11 is 7.56. The predicted molar refractivity (Wildman–Crippen MR) is 86.4 cm³/mol. The van der Waals surface area contributed by atoms with Gasteiger partial charge < -0.3 is 20.0 Å². The maximum atomic E-state index is 11.8. The van der Waals surface area contributed by atoms with Crippen molar-refractivity contribution in [3.63, 3.8) is 0 Å². The second-order valence-electron chi connectivity index (χ2n) is 4.88. The molecule has 7 heteroatoms. The van der Waals surface area contributed by atoms with Crippen molar-refractivity contribution in [3.05, 3.63) is 28.3 Å². The number of aliphatic carboxylic acids is 1. The second-order valence-corrected chi connectivity index (χ2v) is 6.24. The number of benzene rings is 1. The number of halogens is 1. The van der Waals surface area contributed by atoms with Crippen LogP contribution in [0, 0.1) is 13.8 Å². The first kappa shape index (κ1) is 18.6. The van der Waals surface area contributed by atoms with Crippen LogP contribution in [0.5, 0.6) is 5.75 Å². The number of hydrogen-bond donors (Lipinski definition) is 1. The SMILES string of the molecule is CSCC[C@@H](NC(=O)COc1cc(C)c(Cl)c(C)c1)C(=O)[O-]. The Hall–Kier alpha value is -1.40. The van der Waals surface area contributed by atoms with Gasteiger partial charge in [-0.25, -0.2) is 0 Å². The molecule has 0 fully saturated rings. The Balaban J connectivity index is 2.56. The summed E-state index contributed by atoms with van der Waals surface area (Å²) < 4.78 is 5.38. The smallest absolute Gasteiger partial charge is 0.258 e. The van der Waals surface area contributed by atoms with Crippen LogP contribution < -0.4 is 15.2 Å². The van der Waals surface area contributed by atoms with Crippen LogP contribution in [-0.2, 0) is 9.59 Å². The van der Waals surface area contributed by atoms with E-state index in [0.29, 0.717) is 22.9 Å². The predicted octanol–water partition coefficient (Wildman–Crippen LogP) is 1.32. The molecule has 0 aromatic heterocycles. The fourth-order valence-electron chi connectivity index (χ4n) is 1.86. The number of carboxylic acid groups (broad SMARTS) is 1. The van der Waals surface area contributed by atoms with Gasteiger partial charge in [0.05, 0.1) is 12.0 Å². The van der Waals surface area contributed by atoms with Gasteiger partial charge in [-0.2, -0.15) is 11.8 Å². The van der Waals surface area contributed by atoms with Crippen LogP contribution in [0.15, 0.2) is 12.1 Å². The molecule has 1 N–H and O–H groups in total. The largest absolute Gasteiger partial charge is 0.548 e. The van der Waals surface area contributed by atoms with Gasteiger partial charge in [0.15, 0.2) is 6.61 Å². The van der Waals surface area contributed by atoms with Crippen LogP contribution in [0.25, 0.3) is 0 Å². The van der Waals surface area contributed by atoms with Crippen LogP contribution in [0.4, 0.5) is 0 Å². The average Bonchev–Trinajstić information content (AvgIpc) is 2.46. The van der Waals surface area contributed by atoms with Crippen molar-refractivity contribution in [1.29, 1.82) is 0 Å². The lowest BCUT2D eigenvalue weighted by Crippen LogP contribution is -2.49. The van der Waals surface area contributed by atoms with Crippen LogP contribution in [0.2, 0.25) is 5.02 Å². The molecule has 122 valence electrons. The highest BCUT2D eigenvalue weighted by molar-refractivity contribution is 7.98. The van der Waals surface area contributed by atoms with Crippen LogP contribution in [-0.4, -0.2) is 36.5 Å². The number of carbonyl (C=O) groups excluding carboxylic acids is 2. The quantitative estimate of drug-likeness (QED) is 0.769.